The number of aryl methyl sites for hydroxylation is 1. The van der Waals surface area contributed by atoms with Gasteiger partial charge in [-0.2, -0.15) is 10.5 Å². The van der Waals surface area contributed by atoms with Crippen molar-refractivity contribution in [1.29, 1.82) is 5.26 Å². The molecule has 0 saturated carbocycles. The molecule has 6 nitrogen and oxygen atoms in total. The van der Waals surface area contributed by atoms with Crippen LogP contribution in [-0.4, -0.2) is 20.6 Å². The summed E-state index contributed by atoms with van der Waals surface area (Å²) in [5.41, 5.74) is 2.54. The average molecular weight is 254 g/mol. The van der Waals surface area contributed by atoms with E-state index in [1.165, 1.54) is 5.56 Å². The topological polar surface area (TPSA) is 90.3 Å². The van der Waals surface area contributed by atoms with E-state index < -0.39 is 0 Å². The van der Waals surface area contributed by atoms with E-state index >= 15 is 0 Å². The molecule has 2 N–H and O–H groups in total. The smallest absolute Gasteiger partial charge is 0.216 e. The summed E-state index contributed by atoms with van der Waals surface area (Å²) < 4.78 is 0. The molecule has 0 aliphatic carbocycles. The van der Waals surface area contributed by atoms with Crippen molar-refractivity contribution < 1.29 is 0 Å². The number of nitrogens with zero attached hydrogens (tertiary/aromatic N) is 4. The maximum Gasteiger partial charge on any atom is 0.216 e. The lowest BCUT2D eigenvalue weighted by Crippen LogP contribution is -1.93. The molecule has 0 aliphatic heterocycles. The van der Waals surface area contributed by atoms with E-state index in [1.807, 2.05) is 18.2 Å². The van der Waals surface area contributed by atoms with Gasteiger partial charge in [0.25, 0.3) is 0 Å². The number of aromatic nitrogens is 4. The molecule has 1 aromatic carbocycles. The molecule has 96 valence electrons. The van der Waals surface area contributed by atoms with E-state index in [0.717, 1.165) is 18.5 Å². The molecule has 0 spiro atoms. The lowest BCUT2D eigenvalue weighted by Gasteiger charge is -2.03. The van der Waals surface area contributed by atoms with Gasteiger partial charge >= 0.3 is 0 Å². The quantitative estimate of drug-likeness (QED) is 0.798. The number of benzene rings is 1. The van der Waals surface area contributed by atoms with Crippen molar-refractivity contribution in [1.82, 2.24) is 20.6 Å². The second-order valence-corrected chi connectivity index (χ2v) is 4.00. The Morgan fingerprint density at radius 1 is 1.42 bits per heavy atom. The first kappa shape index (κ1) is 12.8. The third-order valence-electron chi connectivity index (χ3n) is 2.58. The predicted octanol–water partition coefficient (Wildman–Crippen LogP) is 2.13. The standard InChI is InChI=1S/C13H14N6/c1-2-3-10-4-6-12(7-5-10)15-9-11(8-14)13-16-18-19-17-13/h4-7,9,15H,2-3H2,1H3,(H,16,17,18,19). The lowest BCUT2D eigenvalue weighted by atomic mass is 10.1. The van der Waals surface area contributed by atoms with Gasteiger partial charge in [-0.3, -0.25) is 0 Å². The largest absolute Gasteiger partial charge is 0.360 e. The van der Waals surface area contributed by atoms with Gasteiger partial charge in [0.15, 0.2) is 0 Å². The highest BCUT2D eigenvalue weighted by Gasteiger charge is 2.04. The van der Waals surface area contributed by atoms with E-state index in [0.29, 0.717) is 5.57 Å². The van der Waals surface area contributed by atoms with Crippen LogP contribution in [0, 0.1) is 11.3 Å². The van der Waals surface area contributed by atoms with E-state index in [2.05, 4.69) is 45.0 Å². The van der Waals surface area contributed by atoms with Gasteiger partial charge in [-0.05, 0) is 29.3 Å². The highest BCUT2D eigenvalue weighted by molar-refractivity contribution is 5.73. The molecule has 0 saturated heterocycles. The molecular weight excluding hydrogens is 240 g/mol. The number of anilines is 1. The third-order valence-corrected chi connectivity index (χ3v) is 2.58. The Labute approximate surface area is 111 Å². The Hall–Kier alpha value is -2.68. The lowest BCUT2D eigenvalue weighted by molar-refractivity contribution is 0.881. The Kier molecular flexibility index (Phi) is 4.24. The minimum atomic E-state index is 0.276. The Balaban J connectivity index is 2.07. The number of rotatable bonds is 5. The Morgan fingerprint density at radius 3 is 2.79 bits per heavy atom. The van der Waals surface area contributed by atoms with Crippen molar-refractivity contribution in [2.45, 2.75) is 19.8 Å². The number of nitrogens with one attached hydrogen (secondary N) is 2. The molecule has 0 fully saturated rings. The Bertz CT molecular complexity index is 577. The van der Waals surface area contributed by atoms with Gasteiger partial charge < -0.3 is 5.32 Å². The van der Waals surface area contributed by atoms with Crippen LogP contribution in [0.15, 0.2) is 30.5 Å². The van der Waals surface area contributed by atoms with Crippen LogP contribution < -0.4 is 5.32 Å². The fourth-order valence-corrected chi connectivity index (χ4v) is 1.63. The first-order valence-corrected chi connectivity index (χ1v) is 6.03. The minimum absolute atomic E-state index is 0.276. The van der Waals surface area contributed by atoms with Crippen LogP contribution in [0.3, 0.4) is 0 Å². The summed E-state index contributed by atoms with van der Waals surface area (Å²) in [6.45, 7) is 2.15. The molecule has 0 radical (unpaired) electrons. The first-order chi connectivity index (χ1) is 9.33. The van der Waals surface area contributed by atoms with Crippen LogP contribution in [0.4, 0.5) is 5.69 Å². The maximum atomic E-state index is 9.01. The van der Waals surface area contributed by atoms with Gasteiger partial charge in [0.2, 0.25) is 5.82 Å². The van der Waals surface area contributed by atoms with Crippen LogP contribution in [-0.2, 0) is 6.42 Å². The van der Waals surface area contributed by atoms with Gasteiger partial charge in [-0.15, -0.1) is 10.2 Å². The fourth-order valence-electron chi connectivity index (χ4n) is 1.63. The second-order valence-electron chi connectivity index (χ2n) is 4.00. The fraction of sp³-hybridized carbons (Fsp3) is 0.231. The van der Waals surface area contributed by atoms with Crippen LogP contribution in [0.25, 0.3) is 5.57 Å². The normalized spacial score (nSPS) is 11.1. The number of tetrazole rings is 1. The summed E-state index contributed by atoms with van der Waals surface area (Å²) in [7, 11) is 0. The Morgan fingerprint density at radius 2 is 2.21 bits per heavy atom. The van der Waals surface area contributed by atoms with E-state index in [9.17, 15) is 0 Å². The zero-order chi connectivity index (χ0) is 13.5. The summed E-state index contributed by atoms with van der Waals surface area (Å²) >= 11 is 0. The van der Waals surface area contributed by atoms with Crippen molar-refractivity contribution >= 4 is 11.3 Å². The van der Waals surface area contributed by atoms with Crippen LogP contribution in [0.2, 0.25) is 0 Å². The summed E-state index contributed by atoms with van der Waals surface area (Å²) in [5, 5.41) is 25.3. The molecule has 1 aromatic heterocycles. The molecule has 0 amide bonds. The van der Waals surface area contributed by atoms with Gasteiger partial charge in [-0.25, -0.2) is 0 Å². The predicted molar refractivity (Wildman–Crippen MR) is 71.8 cm³/mol. The molecule has 0 aliphatic rings. The second kappa shape index (κ2) is 6.31. The van der Waals surface area contributed by atoms with Crippen molar-refractivity contribution in [2.75, 3.05) is 5.32 Å². The highest BCUT2D eigenvalue weighted by atomic mass is 15.5. The maximum absolute atomic E-state index is 9.01. The van der Waals surface area contributed by atoms with Crippen molar-refractivity contribution in [3.05, 3.63) is 41.9 Å². The highest BCUT2D eigenvalue weighted by Crippen LogP contribution is 2.13. The number of hydrogen-bond donors (Lipinski definition) is 2. The van der Waals surface area contributed by atoms with Crippen LogP contribution >= 0.6 is 0 Å². The van der Waals surface area contributed by atoms with Gasteiger partial charge in [-0.1, -0.05) is 25.5 Å². The number of nitriles is 1. The zero-order valence-corrected chi connectivity index (χ0v) is 10.6. The molecule has 0 bridgehead atoms. The third kappa shape index (κ3) is 3.39. The molecule has 19 heavy (non-hydrogen) atoms. The van der Waals surface area contributed by atoms with Gasteiger partial charge in [0.1, 0.15) is 11.6 Å². The molecule has 0 atom stereocenters. The summed E-state index contributed by atoms with van der Waals surface area (Å²) in [5.74, 6) is 0.276. The van der Waals surface area contributed by atoms with Crippen LogP contribution in [0.5, 0.6) is 0 Å². The van der Waals surface area contributed by atoms with Gasteiger partial charge in [0, 0.05) is 11.9 Å². The van der Waals surface area contributed by atoms with E-state index in [1.54, 1.807) is 6.20 Å². The number of allylic oxidation sites excluding steroid dienone is 1. The molecule has 2 aromatic rings. The molecule has 6 heteroatoms. The van der Waals surface area contributed by atoms with Crippen molar-refractivity contribution in [2.24, 2.45) is 0 Å². The number of aromatic amines is 1. The number of hydrogen-bond acceptors (Lipinski definition) is 5. The van der Waals surface area contributed by atoms with E-state index in [-0.39, 0.29) is 5.82 Å². The van der Waals surface area contributed by atoms with Crippen molar-refractivity contribution in [3.63, 3.8) is 0 Å². The molecular formula is C13H14N6. The summed E-state index contributed by atoms with van der Waals surface area (Å²) in [6, 6.07) is 10.1. The number of H-pyrrole nitrogens is 1. The summed E-state index contributed by atoms with van der Waals surface area (Å²) in [6.07, 6.45) is 3.77. The molecule has 0 unspecified atom stereocenters. The minimum Gasteiger partial charge on any atom is -0.360 e. The first-order valence-electron chi connectivity index (χ1n) is 6.03. The van der Waals surface area contributed by atoms with Crippen LogP contribution in [0.1, 0.15) is 24.7 Å². The van der Waals surface area contributed by atoms with E-state index in [4.69, 9.17) is 5.26 Å². The van der Waals surface area contributed by atoms with Gasteiger partial charge in [0.05, 0.1) is 0 Å². The zero-order valence-electron chi connectivity index (χ0n) is 10.6. The monoisotopic (exact) mass is 254 g/mol. The average Bonchev–Trinajstić information content (AvgIpc) is 2.96. The SMILES string of the molecule is CCCc1ccc(NC=C(C#N)c2nn[nH]n2)cc1. The summed E-state index contributed by atoms with van der Waals surface area (Å²) in [4.78, 5) is 0. The molecule has 2 rings (SSSR count). The molecule has 1 heterocycles. The van der Waals surface area contributed by atoms with Crippen molar-refractivity contribution in [3.8, 4) is 6.07 Å².